The van der Waals surface area contributed by atoms with Gasteiger partial charge in [-0.15, -0.1) is 5.10 Å². The van der Waals surface area contributed by atoms with Crippen molar-refractivity contribution in [3.8, 4) is 11.5 Å². The number of rotatable bonds is 21. The maximum absolute atomic E-state index is 13.6. The van der Waals surface area contributed by atoms with E-state index in [0.717, 1.165) is 12.8 Å². The van der Waals surface area contributed by atoms with Crippen molar-refractivity contribution in [1.82, 2.24) is 20.2 Å². The number of carbonyl (C=O) groups excluding carboxylic acids is 1. The van der Waals surface area contributed by atoms with Gasteiger partial charge in [-0.1, -0.05) is 114 Å². The fourth-order valence-corrected chi connectivity index (χ4v) is 6.28. The van der Waals surface area contributed by atoms with Crippen LogP contribution < -0.4 is 10.1 Å². The van der Waals surface area contributed by atoms with Crippen molar-refractivity contribution in [2.75, 3.05) is 11.9 Å². The molecule has 11 heteroatoms. The number of amides is 1. The lowest BCUT2D eigenvalue weighted by Gasteiger charge is -2.15. The summed E-state index contributed by atoms with van der Waals surface area (Å²) in [6.45, 7) is 2.91. The number of ether oxygens (including phenoxy) is 1. The molecule has 46 heavy (non-hydrogen) atoms. The van der Waals surface area contributed by atoms with Crippen LogP contribution in [0, 0.1) is 0 Å². The largest absolute Gasteiger partial charge is 0.506 e. The summed E-state index contributed by atoms with van der Waals surface area (Å²) in [6, 6.07) is 16.1. The van der Waals surface area contributed by atoms with Crippen molar-refractivity contribution in [3.63, 3.8) is 0 Å². The van der Waals surface area contributed by atoms with Crippen LogP contribution in [-0.4, -0.2) is 48.9 Å². The molecule has 0 bridgehead atoms. The quantitative estimate of drug-likeness (QED) is 0.0760. The van der Waals surface area contributed by atoms with Crippen LogP contribution in [0.3, 0.4) is 0 Å². The lowest BCUT2D eigenvalue weighted by atomic mass is 10.0. The fraction of sp³-hybridized carbons (Fsp3) is 0.457. The molecule has 4 rings (SSSR count). The Morgan fingerprint density at radius 3 is 2.20 bits per heavy atom. The number of hydrogen-bond donors (Lipinski definition) is 3. The highest BCUT2D eigenvalue weighted by Gasteiger charge is 2.21. The van der Waals surface area contributed by atoms with E-state index in [2.05, 4.69) is 27.8 Å². The lowest BCUT2D eigenvalue weighted by molar-refractivity contribution is -0.137. The second-order valence-electron chi connectivity index (χ2n) is 11.4. The third-order valence-corrected chi connectivity index (χ3v) is 8.88. The number of fused-ring (bicyclic) bond motifs is 1. The molecule has 0 saturated carbocycles. The average molecular weight is 648 g/mol. The maximum Gasteiger partial charge on any atom is 0.305 e. The van der Waals surface area contributed by atoms with E-state index >= 15 is 0 Å². The second-order valence-corrected chi connectivity index (χ2v) is 12.4. The number of carboxylic acid groups (broad SMARTS) is 1. The Balaban J connectivity index is 1.34. The van der Waals surface area contributed by atoms with Gasteiger partial charge in [-0.25, -0.2) is 4.68 Å². The fourth-order valence-electron chi connectivity index (χ4n) is 5.30. The molecule has 0 atom stereocenters. The molecule has 1 amide bonds. The summed E-state index contributed by atoms with van der Waals surface area (Å²) >= 11 is 1.20. The van der Waals surface area contributed by atoms with Gasteiger partial charge in [0.15, 0.2) is 0 Å². The number of aromatic nitrogens is 4. The van der Waals surface area contributed by atoms with Gasteiger partial charge in [0.25, 0.3) is 5.91 Å². The average Bonchev–Trinajstić information content (AvgIpc) is 3.51. The summed E-state index contributed by atoms with van der Waals surface area (Å²) in [5, 5.41) is 36.3. The van der Waals surface area contributed by atoms with Gasteiger partial charge >= 0.3 is 5.97 Å². The van der Waals surface area contributed by atoms with Crippen molar-refractivity contribution in [2.24, 2.45) is 0 Å². The molecule has 0 spiro atoms. The van der Waals surface area contributed by atoms with Crippen LogP contribution in [0.25, 0.3) is 10.8 Å². The molecular formula is C35H45N5O5S. The Hall–Kier alpha value is -4.12. The smallest absolute Gasteiger partial charge is 0.305 e. The first kappa shape index (κ1) is 34.7. The first-order valence-electron chi connectivity index (χ1n) is 16.4. The molecule has 10 nitrogen and oxygen atoms in total. The number of carboxylic acids is 1. The van der Waals surface area contributed by atoms with E-state index < -0.39 is 11.9 Å². The molecule has 246 valence electrons. The lowest BCUT2D eigenvalue weighted by Crippen LogP contribution is -2.14. The highest BCUT2D eigenvalue weighted by Crippen LogP contribution is 2.39. The van der Waals surface area contributed by atoms with Crippen LogP contribution in [-0.2, 0) is 11.3 Å². The summed E-state index contributed by atoms with van der Waals surface area (Å²) in [7, 11) is 0. The molecule has 0 aliphatic rings. The number of aliphatic carboxylic acids is 1. The Bertz CT molecular complexity index is 1560. The SMILES string of the molecule is CCCCCCCCCCCCCCOc1ccccc1NC(=O)c1cc(Sc2nnnn2CCC(=O)O)c2ccccc2c1O. The van der Waals surface area contributed by atoms with Gasteiger partial charge < -0.3 is 20.3 Å². The van der Waals surface area contributed by atoms with Crippen LogP contribution in [0.5, 0.6) is 11.5 Å². The summed E-state index contributed by atoms with van der Waals surface area (Å²) in [4.78, 5) is 25.3. The zero-order valence-corrected chi connectivity index (χ0v) is 27.4. The number of nitrogens with zero attached hydrogens (tertiary/aromatic N) is 4. The molecule has 3 N–H and O–H groups in total. The summed E-state index contributed by atoms with van der Waals surface area (Å²) < 4.78 is 7.47. The standard InChI is InChI=1S/C35H45N5O5S/c1-2-3-4-5-6-7-8-9-10-11-12-17-24-45-30-21-16-15-20-29(30)36-34(44)28-25-31(26-18-13-14-19-27(26)33(28)43)46-35-37-38-39-40(35)23-22-32(41)42/h13-16,18-21,25,43H,2-12,17,22-24H2,1H3,(H,36,44)(H,41,42). The Morgan fingerprint density at radius 2 is 1.50 bits per heavy atom. The zero-order valence-electron chi connectivity index (χ0n) is 26.6. The Kier molecular flexibility index (Phi) is 14.2. The first-order chi connectivity index (χ1) is 22.5. The molecule has 1 aromatic heterocycles. The predicted octanol–water partition coefficient (Wildman–Crippen LogP) is 8.49. The van der Waals surface area contributed by atoms with E-state index in [0.29, 0.717) is 38.9 Å². The van der Waals surface area contributed by atoms with Crippen LogP contribution in [0.2, 0.25) is 0 Å². The van der Waals surface area contributed by atoms with E-state index in [1.54, 1.807) is 24.3 Å². The van der Waals surface area contributed by atoms with Crippen LogP contribution >= 0.6 is 11.8 Å². The van der Waals surface area contributed by atoms with Gasteiger partial charge in [0.2, 0.25) is 5.16 Å². The molecule has 3 aromatic carbocycles. The van der Waals surface area contributed by atoms with E-state index in [-0.39, 0.29) is 24.3 Å². The van der Waals surface area contributed by atoms with Crippen molar-refractivity contribution in [1.29, 1.82) is 0 Å². The highest BCUT2D eigenvalue weighted by molar-refractivity contribution is 7.99. The Morgan fingerprint density at radius 1 is 0.870 bits per heavy atom. The molecule has 0 aliphatic carbocycles. The number of carbonyl (C=O) groups is 2. The minimum absolute atomic E-state index is 0.0847. The number of tetrazole rings is 1. The number of aromatic hydroxyl groups is 1. The summed E-state index contributed by atoms with van der Waals surface area (Å²) in [6.07, 6.45) is 15.1. The number of anilines is 1. The molecule has 0 saturated heterocycles. The molecule has 0 fully saturated rings. The number of benzene rings is 3. The van der Waals surface area contributed by atoms with E-state index in [4.69, 9.17) is 9.84 Å². The molecule has 0 aliphatic heterocycles. The van der Waals surface area contributed by atoms with E-state index in [1.165, 1.54) is 80.7 Å². The monoisotopic (exact) mass is 647 g/mol. The first-order valence-corrected chi connectivity index (χ1v) is 17.2. The molecule has 0 unspecified atom stereocenters. The number of hydrogen-bond acceptors (Lipinski definition) is 8. The number of phenolic OH excluding ortho intramolecular Hbond substituents is 1. The second kappa shape index (κ2) is 18.8. The van der Waals surface area contributed by atoms with Crippen LogP contribution in [0.1, 0.15) is 101 Å². The summed E-state index contributed by atoms with van der Waals surface area (Å²) in [5.41, 5.74) is 0.604. The van der Waals surface area contributed by atoms with Crippen molar-refractivity contribution < 1.29 is 24.5 Å². The van der Waals surface area contributed by atoms with Gasteiger partial charge in [0, 0.05) is 10.3 Å². The highest BCUT2D eigenvalue weighted by atomic mass is 32.2. The molecular weight excluding hydrogens is 602 g/mol. The van der Waals surface area contributed by atoms with Gasteiger partial charge in [-0.2, -0.15) is 0 Å². The van der Waals surface area contributed by atoms with Gasteiger partial charge in [0.1, 0.15) is 11.5 Å². The van der Waals surface area contributed by atoms with Gasteiger partial charge in [-0.05, 0) is 52.2 Å². The van der Waals surface area contributed by atoms with Crippen LogP contribution in [0.4, 0.5) is 5.69 Å². The Labute approximate surface area is 274 Å². The third-order valence-electron chi connectivity index (χ3n) is 7.85. The van der Waals surface area contributed by atoms with Gasteiger partial charge in [0.05, 0.1) is 30.8 Å². The summed E-state index contributed by atoms with van der Waals surface area (Å²) in [5.74, 6) is -1.01. The van der Waals surface area contributed by atoms with Crippen molar-refractivity contribution in [2.45, 2.75) is 107 Å². The van der Waals surface area contributed by atoms with Crippen molar-refractivity contribution in [3.05, 3.63) is 60.2 Å². The normalized spacial score (nSPS) is 11.2. The van der Waals surface area contributed by atoms with E-state index in [9.17, 15) is 14.7 Å². The molecule has 0 radical (unpaired) electrons. The minimum atomic E-state index is -0.959. The number of unbranched alkanes of at least 4 members (excludes halogenated alkanes) is 11. The number of para-hydroxylation sites is 2. The van der Waals surface area contributed by atoms with Gasteiger partial charge in [-0.3, -0.25) is 9.59 Å². The van der Waals surface area contributed by atoms with Crippen molar-refractivity contribution >= 4 is 40.1 Å². The number of phenols is 1. The number of nitrogens with one attached hydrogen (secondary N) is 1. The number of aryl methyl sites for hydroxylation is 1. The zero-order chi connectivity index (χ0) is 32.6. The minimum Gasteiger partial charge on any atom is -0.506 e. The van der Waals surface area contributed by atoms with E-state index in [1.807, 2.05) is 30.3 Å². The topological polar surface area (TPSA) is 139 Å². The third kappa shape index (κ3) is 10.5. The molecule has 4 aromatic rings. The maximum atomic E-state index is 13.6. The molecule has 1 heterocycles. The predicted molar refractivity (Wildman–Crippen MR) is 181 cm³/mol. The van der Waals surface area contributed by atoms with Crippen LogP contribution in [0.15, 0.2) is 64.6 Å².